The van der Waals surface area contributed by atoms with E-state index >= 15 is 0 Å². The van der Waals surface area contributed by atoms with E-state index in [4.69, 9.17) is 4.74 Å². The van der Waals surface area contributed by atoms with Crippen LogP contribution in [0.4, 0.5) is 0 Å². The molecule has 152 valence electrons. The zero-order chi connectivity index (χ0) is 20.9. The summed E-state index contributed by atoms with van der Waals surface area (Å²) >= 11 is 0. The van der Waals surface area contributed by atoms with Crippen LogP contribution in [0.5, 0.6) is 0 Å². The Labute approximate surface area is 174 Å². The first kappa shape index (κ1) is 18.8. The van der Waals surface area contributed by atoms with Crippen molar-refractivity contribution in [3.8, 4) is 0 Å². The molecule has 0 radical (unpaired) electrons. The van der Waals surface area contributed by atoms with Crippen molar-refractivity contribution in [1.29, 1.82) is 0 Å². The maximum absolute atomic E-state index is 13.6. The standard InChI is InChI=1S/C23H20N2O4S/c1-29-23(26)22-13-19-18-8-4-5-9-20(18)24-21(19)14-25(22)30(27,28)17-11-10-15-6-2-3-7-16(15)12-17/h2-12,22,24H,13-14H2,1H3. The van der Waals surface area contributed by atoms with Gasteiger partial charge in [-0.1, -0.05) is 48.5 Å². The fourth-order valence-electron chi connectivity index (χ4n) is 4.24. The average molecular weight is 420 g/mol. The van der Waals surface area contributed by atoms with Gasteiger partial charge in [-0.3, -0.25) is 4.79 Å². The second-order valence-electron chi connectivity index (χ2n) is 7.43. The number of aromatic nitrogens is 1. The predicted molar refractivity (Wildman–Crippen MR) is 114 cm³/mol. The fourth-order valence-corrected chi connectivity index (χ4v) is 5.82. The summed E-state index contributed by atoms with van der Waals surface area (Å²) in [6, 6.07) is 19.5. The van der Waals surface area contributed by atoms with Crippen LogP contribution in [0.15, 0.2) is 71.6 Å². The molecule has 0 spiro atoms. The van der Waals surface area contributed by atoms with E-state index in [0.717, 1.165) is 32.9 Å². The van der Waals surface area contributed by atoms with Crippen LogP contribution in [0.2, 0.25) is 0 Å². The van der Waals surface area contributed by atoms with E-state index in [2.05, 4.69) is 4.98 Å². The van der Waals surface area contributed by atoms with Crippen molar-refractivity contribution < 1.29 is 17.9 Å². The predicted octanol–water partition coefficient (Wildman–Crippen LogP) is 3.61. The lowest BCUT2D eigenvalue weighted by atomic mass is 9.98. The van der Waals surface area contributed by atoms with Crippen LogP contribution in [-0.2, 0) is 32.5 Å². The number of methoxy groups -OCH3 is 1. The van der Waals surface area contributed by atoms with Gasteiger partial charge in [0.1, 0.15) is 6.04 Å². The molecule has 30 heavy (non-hydrogen) atoms. The van der Waals surface area contributed by atoms with Crippen molar-refractivity contribution in [3.63, 3.8) is 0 Å². The van der Waals surface area contributed by atoms with Crippen LogP contribution in [0.1, 0.15) is 11.3 Å². The second-order valence-corrected chi connectivity index (χ2v) is 9.32. The molecule has 0 fully saturated rings. The van der Waals surface area contributed by atoms with Crippen LogP contribution < -0.4 is 0 Å². The number of nitrogens with one attached hydrogen (secondary N) is 1. The first-order valence-electron chi connectivity index (χ1n) is 9.66. The van der Waals surface area contributed by atoms with Crippen molar-refractivity contribution in [1.82, 2.24) is 9.29 Å². The summed E-state index contributed by atoms with van der Waals surface area (Å²) < 4.78 is 33.4. The largest absolute Gasteiger partial charge is 0.468 e. The quantitative estimate of drug-likeness (QED) is 0.514. The van der Waals surface area contributed by atoms with Gasteiger partial charge in [0.25, 0.3) is 0 Å². The highest BCUT2D eigenvalue weighted by Crippen LogP contribution is 2.34. The third-order valence-corrected chi connectivity index (χ3v) is 7.61. The summed E-state index contributed by atoms with van der Waals surface area (Å²) in [7, 11) is -2.64. The number of nitrogens with zero attached hydrogens (tertiary/aromatic N) is 1. The van der Waals surface area contributed by atoms with E-state index in [1.54, 1.807) is 18.2 Å². The Balaban J connectivity index is 1.63. The van der Waals surface area contributed by atoms with Crippen LogP contribution in [-0.4, -0.2) is 36.8 Å². The Kier molecular flexibility index (Phi) is 4.38. The minimum Gasteiger partial charge on any atom is -0.468 e. The maximum atomic E-state index is 13.6. The molecule has 4 aromatic rings. The molecule has 0 saturated carbocycles. The molecule has 1 aromatic heterocycles. The number of carbonyl (C=O) groups is 1. The van der Waals surface area contributed by atoms with Gasteiger partial charge in [-0.15, -0.1) is 0 Å². The van der Waals surface area contributed by atoms with Crippen LogP contribution >= 0.6 is 0 Å². The lowest BCUT2D eigenvalue weighted by Gasteiger charge is -2.33. The Morgan fingerprint density at radius 2 is 1.77 bits per heavy atom. The molecular formula is C23H20N2O4S. The molecule has 5 rings (SSSR count). The first-order valence-corrected chi connectivity index (χ1v) is 11.1. The Morgan fingerprint density at radius 1 is 1.03 bits per heavy atom. The summed E-state index contributed by atoms with van der Waals surface area (Å²) in [6.07, 6.45) is 0.263. The van der Waals surface area contributed by atoms with Gasteiger partial charge in [0.2, 0.25) is 10.0 Å². The zero-order valence-corrected chi connectivity index (χ0v) is 17.1. The van der Waals surface area contributed by atoms with E-state index in [1.165, 1.54) is 11.4 Å². The molecular weight excluding hydrogens is 400 g/mol. The van der Waals surface area contributed by atoms with Crippen molar-refractivity contribution in [2.45, 2.75) is 23.9 Å². The summed E-state index contributed by atoms with van der Waals surface area (Å²) in [5.74, 6) is -0.560. The number of esters is 1. The summed E-state index contributed by atoms with van der Waals surface area (Å²) in [5, 5.41) is 2.79. The van der Waals surface area contributed by atoms with Gasteiger partial charge in [-0.25, -0.2) is 8.42 Å². The summed E-state index contributed by atoms with van der Waals surface area (Å²) in [6.45, 7) is 0.0823. The van der Waals surface area contributed by atoms with Crippen molar-refractivity contribution >= 4 is 37.7 Å². The number of hydrogen-bond acceptors (Lipinski definition) is 4. The van der Waals surface area contributed by atoms with Crippen LogP contribution in [0.25, 0.3) is 21.7 Å². The smallest absolute Gasteiger partial charge is 0.324 e. The molecule has 1 aliphatic heterocycles. The van der Waals surface area contributed by atoms with Gasteiger partial charge in [-0.05, 0) is 34.5 Å². The third-order valence-electron chi connectivity index (χ3n) is 5.76. The number of H-pyrrole nitrogens is 1. The molecule has 1 aliphatic rings. The first-order chi connectivity index (χ1) is 14.5. The van der Waals surface area contributed by atoms with Gasteiger partial charge in [-0.2, -0.15) is 4.31 Å². The van der Waals surface area contributed by atoms with Gasteiger partial charge in [0.05, 0.1) is 18.6 Å². The lowest BCUT2D eigenvalue weighted by Crippen LogP contribution is -2.48. The Bertz CT molecular complexity index is 1390. The normalized spacial score (nSPS) is 17.2. The Hall–Kier alpha value is -3.16. The van der Waals surface area contributed by atoms with Crippen molar-refractivity contribution in [2.24, 2.45) is 0 Å². The molecule has 1 atom stereocenters. The highest BCUT2D eigenvalue weighted by atomic mass is 32.2. The topological polar surface area (TPSA) is 79.5 Å². The number of carbonyl (C=O) groups excluding carboxylic acids is 1. The van der Waals surface area contributed by atoms with Gasteiger partial charge in [0, 0.05) is 23.0 Å². The highest BCUT2D eigenvalue weighted by molar-refractivity contribution is 7.89. The van der Waals surface area contributed by atoms with Gasteiger partial charge >= 0.3 is 5.97 Å². The molecule has 2 heterocycles. The molecule has 0 amide bonds. The van der Waals surface area contributed by atoms with Crippen molar-refractivity contribution in [2.75, 3.05) is 7.11 Å². The number of benzene rings is 3. The number of fused-ring (bicyclic) bond motifs is 4. The number of hydrogen-bond donors (Lipinski definition) is 1. The van der Waals surface area contributed by atoms with E-state index in [1.807, 2.05) is 48.5 Å². The lowest BCUT2D eigenvalue weighted by molar-refractivity contribution is -0.145. The number of rotatable bonds is 3. The maximum Gasteiger partial charge on any atom is 0.324 e. The van der Waals surface area contributed by atoms with E-state index in [-0.39, 0.29) is 17.9 Å². The van der Waals surface area contributed by atoms with E-state index < -0.39 is 22.0 Å². The molecule has 6 nitrogen and oxygen atoms in total. The zero-order valence-electron chi connectivity index (χ0n) is 16.3. The van der Waals surface area contributed by atoms with Gasteiger partial charge < -0.3 is 9.72 Å². The monoisotopic (exact) mass is 420 g/mol. The van der Waals surface area contributed by atoms with E-state index in [0.29, 0.717) is 0 Å². The molecule has 3 aromatic carbocycles. The van der Waals surface area contributed by atoms with Gasteiger partial charge in [0.15, 0.2) is 0 Å². The molecule has 1 unspecified atom stereocenters. The summed E-state index contributed by atoms with van der Waals surface area (Å²) in [4.78, 5) is 16.1. The van der Waals surface area contributed by atoms with Crippen molar-refractivity contribution in [3.05, 3.63) is 78.0 Å². The Morgan fingerprint density at radius 3 is 2.57 bits per heavy atom. The number of ether oxygens (including phenoxy) is 1. The molecule has 7 heteroatoms. The molecule has 1 N–H and O–H groups in total. The number of aromatic amines is 1. The minimum absolute atomic E-state index is 0.0823. The second kappa shape index (κ2) is 6.97. The highest BCUT2D eigenvalue weighted by Gasteiger charge is 2.41. The van der Waals surface area contributed by atoms with Crippen LogP contribution in [0.3, 0.4) is 0 Å². The SMILES string of the molecule is COC(=O)C1Cc2c([nH]c3ccccc23)CN1S(=O)(=O)c1ccc2ccccc2c1. The molecule has 0 aliphatic carbocycles. The number of para-hydroxylation sites is 1. The van der Waals surface area contributed by atoms with Crippen LogP contribution in [0, 0.1) is 0 Å². The molecule has 0 saturated heterocycles. The molecule has 0 bridgehead atoms. The third kappa shape index (κ3) is 2.89. The fraction of sp³-hybridized carbons (Fsp3) is 0.174. The number of sulfonamides is 1. The minimum atomic E-state index is -3.93. The summed E-state index contributed by atoms with van der Waals surface area (Å²) in [5.41, 5.74) is 2.70. The average Bonchev–Trinajstić information content (AvgIpc) is 3.15. The van der Waals surface area contributed by atoms with E-state index in [9.17, 15) is 13.2 Å².